The number of carbonyl (C=O) groups is 1. The van der Waals surface area contributed by atoms with Crippen LogP contribution in [-0.4, -0.2) is 74.0 Å². The van der Waals surface area contributed by atoms with Gasteiger partial charge in [-0.15, -0.1) is 0 Å². The molecule has 1 heterocycles. The number of nitrogens with one attached hydrogen (secondary N) is 2. The van der Waals surface area contributed by atoms with Gasteiger partial charge in [0.05, 0.1) is 6.54 Å². The molecule has 1 aliphatic heterocycles. The number of carbonyl (C=O) groups excluding carboxylic acids is 1. The molecule has 30 heavy (non-hydrogen) atoms. The first-order valence-corrected chi connectivity index (χ1v) is 11.4. The van der Waals surface area contributed by atoms with Gasteiger partial charge >= 0.3 is 0 Å². The highest BCUT2D eigenvalue weighted by atomic mass is 19.1. The van der Waals surface area contributed by atoms with E-state index in [0.717, 1.165) is 58.1 Å². The molecule has 1 saturated heterocycles. The first kappa shape index (κ1) is 22.5. The van der Waals surface area contributed by atoms with E-state index in [4.69, 9.17) is 0 Å². The Labute approximate surface area is 179 Å². The Balaban J connectivity index is 1.37. The predicted octanol–water partition coefficient (Wildman–Crippen LogP) is 2.26. The van der Waals surface area contributed by atoms with E-state index in [-0.39, 0.29) is 11.7 Å². The lowest BCUT2D eigenvalue weighted by molar-refractivity contribution is -0.137. The summed E-state index contributed by atoms with van der Waals surface area (Å²) in [6, 6.07) is 6.88. The van der Waals surface area contributed by atoms with E-state index in [2.05, 4.69) is 25.4 Å². The summed E-state index contributed by atoms with van der Waals surface area (Å²) in [5.74, 6) is 1.26. The number of amides is 1. The Hall–Kier alpha value is -2.15. The summed E-state index contributed by atoms with van der Waals surface area (Å²) in [6.45, 7) is 8.55. The van der Waals surface area contributed by atoms with Crippen molar-refractivity contribution in [3.8, 4) is 0 Å². The fourth-order valence-electron chi connectivity index (χ4n) is 4.28. The van der Waals surface area contributed by atoms with Crippen LogP contribution in [0.15, 0.2) is 29.3 Å². The number of rotatable bonds is 8. The maximum absolute atomic E-state index is 13.7. The van der Waals surface area contributed by atoms with Crippen LogP contribution in [0.4, 0.5) is 4.39 Å². The number of hydrogen-bond acceptors (Lipinski definition) is 3. The lowest BCUT2D eigenvalue weighted by Gasteiger charge is -2.35. The van der Waals surface area contributed by atoms with Crippen molar-refractivity contribution in [1.82, 2.24) is 20.4 Å². The first-order chi connectivity index (χ1) is 14.7. The second kappa shape index (κ2) is 11.9. The summed E-state index contributed by atoms with van der Waals surface area (Å²) in [5, 5.41) is 6.54. The molecule has 0 bridgehead atoms. The lowest BCUT2D eigenvalue weighted by atomic mass is 10.1. The SMILES string of the molecule is CCNC(=NCCN1CCN(C(=O)C2CCCC2)CC1)NCCc1ccccc1F. The van der Waals surface area contributed by atoms with Crippen LogP contribution in [0.2, 0.25) is 0 Å². The van der Waals surface area contributed by atoms with Crippen LogP contribution in [0.3, 0.4) is 0 Å². The Morgan fingerprint density at radius 1 is 1.13 bits per heavy atom. The number of nitrogens with zero attached hydrogens (tertiary/aromatic N) is 3. The van der Waals surface area contributed by atoms with Crippen LogP contribution < -0.4 is 10.6 Å². The molecule has 1 aromatic carbocycles. The third-order valence-electron chi connectivity index (χ3n) is 6.06. The molecule has 3 rings (SSSR count). The van der Waals surface area contributed by atoms with E-state index in [1.54, 1.807) is 6.07 Å². The second-order valence-electron chi connectivity index (χ2n) is 8.18. The van der Waals surface area contributed by atoms with Crippen molar-refractivity contribution in [3.63, 3.8) is 0 Å². The van der Waals surface area contributed by atoms with E-state index in [0.29, 0.717) is 31.0 Å². The fourth-order valence-corrected chi connectivity index (χ4v) is 4.28. The molecule has 0 spiro atoms. The number of aliphatic imine (C=N–C) groups is 1. The molecular weight excluding hydrogens is 381 g/mol. The highest BCUT2D eigenvalue weighted by Crippen LogP contribution is 2.26. The highest BCUT2D eigenvalue weighted by molar-refractivity contribution is 5.80. The third kappa shape index (κ3) is 6.69. The smallest absolute Gasteiger partial charge is 0.225 e. The van der Waals surface area contributed by atoms with Gasteiger partial charge in [0.25, 0.3) is 0 Å². The standard InChI is InChI=1S/C23H36FN5O/c1-2-25-23(26-12-11-19-7-5-6-10-21(19)24)27-13-14-28-15-17-29(18-16-28)22(30)20-8-3-4-9-20/h5-7,10,20H,2-4,8-9,11-18H2,1H3,(H2,25,26,27). The summed E-state index contributed by atoms with van der Waals surface area (Å²) in [5.41, 5.74) is 0.714. The van der Waals surface area contributed by atoms with Crippen LogP contribution >= 0.6 is 0 Å². The molecule has 7 heteroatoms. The van der Waals surface area contributed by atoms with Crippen LogP contribution in [-0.2, 0) is 11.2 Å². The largest absolute Gasteiger partial charge is 0.357 e. The Bertz CT molecular complexity index is 697. The second-order valence-corrected chi connectivity index (χ2v) is 8.18. The summed E-state index contributed by atoms with van der Waals surface area (Å²) < 4.78 is 13.7. The van der Waals surface area contributed by atoms with Crippen molar-refractivity contribution >= 4 is 11.9 Å². The van der Waals surface area contributed by atoms with Crippen molar-refractivity contribution in [3.05, 3.63) is 35.6 Å². The van der Waals surface area contributed by atoms with E-state index in [1.165, 1.54) is 18.9 Å². The minimum Gasteiger partial charge on any atom is -0.357 e. The first-order valence-electron chi connectivity index (χ1n) is 11.4. The molecule has 2 fully saturated rings. The van der Waals surface area contributed by atoms with E-state index in [9.17, 15) is 9.18 Å². The van der Waals surface area contributed by atoms with E-state index in [1.807, 2.05) is 19.1 Å². The van der Waals surface area contributed by atoms with Crippen molar-refractivity contribution in [2.45, 2.75) is 39.0 Å². The molecule has 0 aromatic heterocycles. The van der Waals surface area contributed by atoms with Crippen LogP contribution in [0.5, 0.6) is 0 Å². The van der Waals surface area contributed by atoms with Crippen LogP contribution in [0.1, 0.15) is 38.2 Å². The summed E-state index contributed by atoms with van der Waals surface area (Å²) in [6.07, 6.45) is 5.18. The van der Waals surface area contributed by atoms with E-state index >= 15 is 0 Å². The maximum atomic E-state index is 13.7. The summed E-state index contributed by atoms with van der Waals surface area (Å²) in [4.78, 5) is 21.6. The average molecular weight is 418 g/mol. The lowest BCUT2D eigenvalue weighted by Crippen LogP contribution is -2.50. The van der Waals surface area contributed by atoms with Gasteiger partial charge in [0.15, 0.2) is 5.96 Å². The van der Waals surface area contributed by atoms with Crippen LogP contribution in [0, 0.1) is 11.7 Å². The zero-order valence-electron chi connectivity index (χ0n) is 18.2. The number of halogens is 1. The minimum absolute atomic E-state index is 0.160. The predicted molar refractivity (Wildman–Crippen MR) is 119 cm³/mol. The van der Waals surface area contributed by atoms with Gasteiger partial charge in [0.2, 0.25) is 5.91 Å². The van der Waals surface area contributed by atoms with Crippen molar-refractivity contribution in [2.24, 2.45) is 10.9 Å². The zero-order valence-corrected chi connectivity index (χ0v) is 18.2. The molecule has 2 N–H and O–H groups in total. The van der Waals surface area contributed by atoms with Gasteiger partial charge in [-0.05, 0) is 37.8 Å². The van der Waals surface area contributed by atoms with Gasteiger partial charge in [-0.25, -0.2) is 4.39 Å². The summed E-state index contributed by atoms with van der Waals surface area (Å²) >= 11 is 0. The molecule has 1 saturated carbocycles. The third-order valence-corrected chi connectivity index (χ3v) is 6.06. The average Bonchev–Trinajstić information content (AvgIpc) is 3.30. The molecule has 6 nitrogen and oxygen atoms in total. The van der Waals surface area contributed by atoms with Crippen molar-refractivity contribution < 1.29 is 9.18 Å². The molecule has 1 aromatic rings. The van der Waals surface area contributed by atoms with Gasteiger partial charge in [0, 0.05) is 51.7 Å². The molecule has 0 atom stereocenters. The van der Waals surface area contributed by atoms with Gasteiger partial charge in [0.1, 0.15) is 5.82 Å². The zero-order chi connectivity index (χ0) is 21.2. The summed E-state index contributed by atoms with van der Waals surface area (Å²) in [7, 11) is 0. The molecule has 2 aliphatic rings. The van der Waals surface area contributed by atoms with Crippen molar-refractivity contribution in [1.29, 1.82) is 0 Å². The van der Waals surface area contributed by atoms with Crippen molar-refractivity contribution in [2.75, 3.05) is 52.4 Å². The van der Waals surface area contributed by atoms with Gasteiger partial charge < -0.3 is 15.5 Å². The van der Waals surface area contributed by atoms with Gasteiger partial charge in [-0.2, -0.15) is 0 Å². The minimum atomic E-state index is -0.160. The topological polar surface area (TPSA) is 60.0 Å². The number of hydrogen-bond donors (Lipinski definition) is 2. The molecule has 0 unspecified atom stereocenters. The quantitative estimate of drug-likeness (QED) is 0.503. The maximum Gasteiger partial charge on any atom is 0.225 e. The number of benzene rings is 1. The Morgan fingerprint density at radius 2 is 1.87 bits per heavy atom. The molecule has 1 aliphatic carbocycles. The van der Waals surface area contributed by atoms with E-state index < -0.39 is 0 Å². The number of guanidine groups is 1. The highest BCUT2D eigenvalue weighted by Gasteiger charge is 2.29. The fraction of sp³-hybridized carbons (Fsp3) is 0.652. The molecular formula is C23H36FN5O. The molecule has 1 amide bonds. The Morgan fingerprint density at radius 3 is 2.57 bits per heavy atom. The van der Waals surface area contributed by atoms with Gasteiger partial charge in [-0.1, -0.05) is 31.0 Å². The monoisotopic (exact) mass is 417 g/mol. The van der Waals surface area contributed by atoms with Gasteiger partial charge in [-0.3, -0.25) is 14.7 Å². The normalized spacial score (nSPS) is 18.6. The molecule has 0 radical (unpaired) electrons. The number of piperazine rings is 1. The van der Waals surface area contributed by atoms with Crippen LogP contribution in [0.25, 0.3) is 0 Å². The Kier molecular flexibility index (Phi) is 8.93. The molecule has 166 valence electrons.